The van der Waals surface area contributed by atoms with Crippen LogP contribution in [0.3, 0.4) is 0 Å². The molecule has 1 heterocycles. The molecular formula is C26H41F2N5O5. The first kappa shape index (κ1) is 29.8. The van der Waals surface area contributed by atoms with Crippen molar-refractivity contribution in [2.75, 3.05) is 6.54 Å². The molecule has 4 unspecified atom stereocenters. The van der Waals surface area contributed by atoms with Gasteiger partial charge in [-0.15, -0.1) is 0 Å². The summed E-state index contributed by atoms with van der Waals surface area (Å²) in [5, 5.41) is 8.22. The molecule has 3 rings (SSSR count). The lowest BCUT2D eigenvalue weighted by Crippen LogP contribution is -2.61. The molecule has 0 aromatic heterocycles. The predicted molar refractivity (Wildman–Crippen MR) is 135 cm³/mol. The van der Waals surface area contributed by atoms with Crippen molar-refractivity contribution < 1.29 is 32.8 Å². The van der Waals surface area contributed by atoms with Crippen LogP contribution < -0.4 is 21.7 Å². The molecule has 12 heteroatoms. The predicted octanol–water partition coefficient (Wildman–Crippen LogP) is 2.00. The highest BCUT2D eigenvalue weighted by Crippen LogP contribution is 2.51. The molecular weight excluding hydrogens is 500 g/mol. The highest BCUT2D eigenvalue weighted by molar-refractivity contribution is 6.37. The van der Waals surface area contributed by atoms with E-state index in [4.69, 9.17) is 5.73 Å². The fourth-order valence-corrected chi connectivity index (χ4v) is 5.50. The Morgan fingerprint density at radius 3 is 2.16 bits per heavy atom. The molecule has 38 heavy (non-hydrogen) atoms. The molecule has 2 aliphatic carbocycles. The van der Waals surface area contributed by atoms with Gasteiger partial charge in [0, 0.05) is 24.4 Å². The fourth-order valence-electron chi connectivity index (χ4n) is 5.50. The van der Waals surface area contributed by atoms with E-state index in [2.05, 4.69) is 16.0 Å². The molecule has 0 aromatic rings. The summed E-state index contributed by atoms with van der Waals surface area (Å²) in [5.74, 6) is -7.72. The van der Waals surface area contributed by atoms with Crippen molar-refractivity contribution in [2.45, 2.75) is 115 Å². The Kier molecular flexibility index (Phi) is 8.72. The monoisotopic (exact) mass is 541 g/mol. The van der Waals surface area contributed by atoms with Crippen LogP contribution in [0, 0.1) is 11.3 Å². The highest BCUT2D eigenvalue weighted by Gasteiger charge is 2.58. The van der Waals surface area contributed by atoms with Crippen LogP contribution in [0.25, 0.3) is 0 Å². The number of hydrogen-bond donors (Lipinski definition) is 4. The normalized spacial score (nSPS) is 25.6. The van der Waals surface area contributed by atoms with E-state index in [1.165, 1.54) is 4.90 Å². The first-order chi connectivity index (χ1) is 17.5. The van der Waals surface area contributed by atoms with Crippen LogP contribution in [0.1, 0.15) is 85.5 Å². The molecule has 5 amide bonds. The Balaban J connectivity index is 1.70. The minimum atomic E-state index is -2.95. The van der Waals surface area contributed by atoms with E-state index < -0.39 is 77.8 Å². The Labute approximate surface area is 222 Å². The Morgan fingerprint density at radius 2 is 1.63 bits per heavy atom. The second kappa shape index (κ2) is 11.1. The van der Waals surface area contributed by atoms with E-state index in [9.17, 15) is 32.8 Å². The zero-order chi connectivity index (χ0) is 28.5. The van der Waals surface area contributed by atoms with Gasteiger partial charge in [-0.3, -0.25) is 19.2 Å². The number of amides is 5. The molecule has 3 fully saturated rings. The Bertz CT molecular complexity index is 960. The molecule has 2 saturated carbocycles. The highest BCUT2D eigenvalue weighted by atomic mass is 19.3. The second-order valence-corrected chi connectivity index (χ2v) is 12.4. The number of primary amides is 1. The van der Waals surface area contributed by atoms with Crippen LogP contribution in [0.5, 0.6) is 0 Å². The SMILES string of the molecule is CC1(NC(=O)NC(C(=O)N2CCCC2C(=O)NC(CC2CC2(F)F)C(=O)C(N)=O)C(C)(C)C)CCCCC1. The summed E-state index contributed by atoms with van der Waals surface area (Å²) < 4.78 is 26.9. The minimum absolute atomic E-state index is 0.250. The number of likely N-dealkylation sites (tertiary alicyclic amines) is 1. The van der Waals surface area contributed by atoms with Crippen molar-refractivity contribution in [3.8, 4) is 0 Å². The number of nitrogens with zero attached hydrogens (tertiary/aromatic N) is 1. The lowest BCUT2D eigenvalue weighted by molar-refractivity contribution is -0.143. The number of nitrogens with one attached hydrogen (secondary N) is 3. The van der Waals surface area contributed by atoms with Crippen molar-refractivity contribution in [1.29, 1.82) is 0 Å². The fraction of sp³-hybridized carbons (Fsp3) is 0.808. The standard InChI is InChI=1S/C26H41F2N5O5/c1-24(2,3)19(31-23(38)32-25(4)10-6-5-7-11-25)22(37)33-12-8-9-17(33)21(36)30-16(18(34)20(29)35)13-15-14-26(15,27)28/h15-17,19H,5-14H2,1-4H3,(H2,29,35)(H,30,36)(H2,31,32,38). The van der Waals surface area contributed by atoms with Gasteiger partial charge in [-0.05, 0) is 44.4 Å². The molecule has 1 saturated heterocycles. The minimum Gasteiger partial charge on any atom is -0.363 e. The lowest BCUT2D eigenvalue weighted by atomic mass is 9.83. The third-order valence-electron chi connectivity index (χ3n) is 7.95. The average Bonchev–Trinajstić information content (AvgIpc) is 3.18. The molecule has 0 aromatic carbocycles. The van der Waals surface area contributed by atoms with Crippen molar-refractivity contribution in [2.24, 2.45) is 17.1 Å². The first-order valence-electron chi connectivity index (χ1n) is 13.4. The number of halogens is 2. The number of alkyl halides is 2. The van der Waals surface area contributed by atoms with Crippen LogP contribution in [0.4, 0.5) is 13.6 Å². The lowest BCUT2D eigenvalue weighted by Gasteiger charge is -2.38. The molecule has 3 aliphatic rings. The van der Waals surface area contributed by atoms with Gasteiger partial charge in [0.15, 0.2) is 0 Å². The van der Waals surface area contributed by atoms with Gasteiger partial charge in [-0.1, -0.05) is 40.0 Å². The van der Waals surface area contributed by atoms with Crippen LogP contribution in [-0.2, 0) is 19.2 Å². The van der Waals surface area contributed by atoms with E-state index >= 15 is 0 Å². The van der Waals surface area contributed by atoms with Crippen LogP contribution in [0.2, 0.25) is 0 Å². The maximum Gasteiger partial charge on any atom is 0.315 e. The Morgan fingerprint density at radius 1 is 1.03 bits per heavy atom. The van der Waals surface area contributed by atoms with Gasteiger partial charge in [0.2, 0.25) is 17.6 Å². The molecule has 4 atom stereocenters. The number of carbonyl (C=O) groups is 5. The number of rotatable bonds is 9. The average molecular weight is 542 g/mol. The quantitative estimate of drug-likeness (QED) is 0.329. The summed E-state index contributed by atoms with van der Waals surface area (Å²) in [6, 6.07) is -3.87. The van der Waals surface area contributed by atoms with Crippen molar-refractivity contribution in [3.63, 3.8) is 0 Å². The summed E-state index contributed by atoms with van der Waals surface area (Å²) in [5.41, 5.74) is 4.03. The maximum atomic E-state index is 13.7. The van der Waals surface area contributed by atoms with E-state index in [1.807, 2.05) is 6.92 Å². The van der Waals surface area contributed by atoms with Gasteiger partial charge >= 0.3 is 6.03 Å². The Hall–Kier alpha value is -2.79. The summed E-state index contributed by atoms with van der Waals surface area (Å²) in [4.78, 5) is 64.9. The number of urea groups is 1. The second-order valence-electron chi connectivity index (χ2n) is 12.4. The largest absolute Gasteiger partial charge is 0.363 e. The van der Waals surface area contributed by atoms with E-state index in [-0.39, 0.29) is 18.5 Å². The van der Waals surface area contributed by atoms with E-state index in [0.29, 0.717) is 6.42 Å². The van der Waals surface area contributed by atoms with Gasteiger partial charge in [-0.25, -0.2) is 13.6 Å². The van der Waals surface area contributed by atoms with E-state index in [0.717, 1.165) is 32.1 Å². The molecule has 10 nitrogen and oxygen atoms in total. The van der Waals surface area contributed by atoms with Gasteiger partial charge in [-0.2, -0.15) is 0 Å². The molecule has 1 aliphatic heterocycles. The number of Topliss-reactive ketones (excluding diaryl/α,β-unsaturated/α-hetero) is 1. The molecule has 214 valence electrons. The molecule has 5 N–H and O–H groups in total. The van der Waals surface area contributed by atoms with Crippen LogP contribution >= 0.6 is 0 Å². The number of carbonyl (C=O) groups excluding carboxylic acids is 5. The zero-order valence-corrected chi connectivity index (χ0v) is 22.7. The summed E-state index contributed by atoms with van der Waals surface area (Å²) in [6.45, 7) is 7.66. The molecule has 0 spiro atoms. The summed E-state index contributed by atoms with van der Waals surface area (Å²) >= 11 is 0. The van der Waals surface area contributed by atoms with Crippen LogP contribution in [-0.4, -0.2) is 70.6 Å². The third kappa shape index (κ3) is 7.19. The first-order valence-corrected chi connectivity index (χ1v) is 13.4. The van der Waals surface area contributed by atoms with Gasteiger partial charge in [0.25, 0.3) is 11.8 Å². The van der Waals surface area contributed by atoms with Gasteiger partial charge < -0.3 is 26.6 Å². The maximum absolute atomic E-state index is 13.7. The van der Waals surface area contributed by atoms with E-state index in [1.54, 1.807) is 20.8 Å². The molecule has 0 bridgehead atoms. The topological polar surface area (TPSA) is 151 Å². The zero-order valence-electron chi connectivity index (χ0n) is 22.7. The summed E-state index contributed by atoms with van der Waals surface area (Å²) in [6.07, 6.45) is 4.79. The number of ketones is 1. The smallest absolute Gasteiger partial charge is 0.315 e. The van der Waals surface area contributed by atoms with Crippen molar-refractivity contribution >= 4 is 29.5 Å². The van der Waals surface area contributed by atoms with Crippen molar-refractivity contribution in [3.05, 3.63) is 0 Å². The van der Waals surface area contributed by atoms with Crippen LogP contribution in [0.15, 0.2) is 0 Å². The van der Waals surface area contributed by atoms with Gasteiger partial charge in [0.1, 0.15) is 12.1 Å². The molecule has 0 radical (unpaired) electrons. The van der Waals surface area contributed by atoms with Gasteiger partial charge in [0.05, 0.1) is 6.04 Å². The van der Waals surface area contributed by atoms with Crippen molar-refractivity contribution in [1.82, 2.24) is 20.9 Å². The third-order valence-corrected chi connectivity index (χ3v) is 7.95. The number of hydrogen-bond acceptors (Lipinski definition) is 5. The summed E-state index contributed by atoms with van der Waals surface area (Å²) in [7, 11) is 0. The number of nitrogens with two attached hydrogens (primary N) is 1.